The first-order valence-electron chi connectivity index (χ1n) is 8.46. The van der Waals surface area contributed by atoms with Crippen LogP contribution in [0.2, 0.25) is 5.02 Å². The van der Waals surface area contributed by atoms with Gasteiger partial charge in [-0.15, -0.1) is 0 Å². The van der Waals surface area contributed by atoms with Crippen LogP contribution in [0.4, 0.5) is 0 Å². The molecule has 1 saturated heterocycles. The molecule has 3 rings (SSSR count). The van der Waals surface area contributed by atoms with Crippen LogP contribution in [0.25, 0.3) is 0 Å². The van der Waals surface area contributed by atoms with E-state index in [0.29, 0.717) is 6.42 Å². The third-order valence-corrected chi connectivity index (χ3v) is 5.02. The zero-order chi connectivity index (χ0) is 16.9. The molecule has 2 atom stereocenters. The number of hydrogen-bond donors (Lipinski definition) is 1. The second-order valence-electron chi connectivity index (χ2n) is 6.34. The van der Waals surface area contributed by atoms with E-state index in [-0.39, 0.29) is 17.9 Å². The molecule has 0 bridgehead atoms. The van der Waals surface area contributed by atoms with Crippen LogP contribution in [0.5, 0.6) is 0 Å². The summed E-state index contributed by atoms with van der Waals surface area (Å²) in [5.41, 5.74) is 2.22. The lowest BCUT2D eigenvalue weighted by Gasteiger charge is -2.37. The minimum atomic E-state index is 0.00271. The van der Waals surface area contributed by atoms with Gasteiger partial charge in [0.15, 0.2) is 0 Å². The lowest BCUT2D eigenvalue weighted by atomic mass is 9.96. The van der Waals surface area contributed by atoms with Gasteiger partial charge >= 0.3 is 0 Å². The van der Waals surface area contributed by atoms with Gasteiger partial charge in [-0.3, -0.25) is 4.79 Å². The van der Waals surface area contributed by atoms with Crippen molar-refractivity contribution in [2.24, 2.45) is 0 Å². The monoisotopic (exact) mass is 342 g/mol. The molecule has 1 heterocycles. The van der Waals surface area contributed by atoms with E-state index in [1.165, 1.54) is 5.56 Å². The molecule has 0 spiro atoms. The number of piperazine rings is 1. The minimum absolute atomic E-state index is 0.00271. The predicted octanol–water partition coefficient (Wildman–Crippen LogP) is 4.01. The Morgan fingerprint density at radius 3 is 2.67 bits per heavy atom. The van der Waals surface area contributed by atoms with Gasteiger partial charge in [-0.2, -0.15) is 0 Å². The Morgan fingerprint density at radius 2 is 1.92 bits per heavy atom. The largest absolute Gasteiger partial charge is 0.333 e. The first-order valence-corrected chi connectivity index (χ1v) is 8.84. The number of carbonyl (C=O) groups is 1. The number of hydrogen-bond acceptors (Lipinski definition) is 2. The molecule has 0 saturated carbocycles. The van der Waals surface area contributed by atoms with Crippen LogP contribution in [0.3, 0.4) is 0 Å². The van der Waals surface area contributed by atoms with E-state index in [0.717, 1.165) is 30.2 Å². The van der Waals surface area contributed by atoms with Crippen LogP contribution in [-0.2, 0) is 4.79 Å². The van der Waals surface area contributed by atoms with Crippen LogP contribution < -0.4 is 5.32 Å². The first-order chi connectivity index (χ1) is 11.7. The van der Waals surface area contributed by atoms with E-state index in [1.807, 2.05) is 47.4 Å². The molecular formula is C20H23ClN2O. The van der Waals surface area contributed by atoms with E-state index in [4.69, 9.17) is 11.6 Å². The number of carbonyl (C=O) groups excluding carboxylic acids is 1. The highest BCUT2D eigenvalue weighted by Crippen LogP contribution is 2.30. The minimum Gasteiger partial charge on any atom is -0.333 e. The molecule has 4 heteroatoms. The summed E-state index contributed by atoms with van der Waals surface area (Å²) in [6.45, 7) is 4.40. The number of nitrogens with zero attached hydrogens (tertiary/aromatic N) is 1. The lowest BCUT2D eigenvalue weighted by Crippen LogP contribution is -2.49. The van der Waals surface area contributed by atoms with Gasteiger partial charge in [-0.1, -0.05) is 67.1 Å². The van der Waals surface area contributed by atoms with Gasteiger partial charge in [0.2, 0.25) is 5.91 Å². The standard InChI is InChI=1S/C20H23ClN2O/c1-15(16-7-3-2-4-8-16)13-20(24)23-12-11-22-14-19(23)17-9-5-6-10-18(17)21/h2-10,15,19,22H,11-14H2,1H3. The van der Waals surface area contributed by atoms with Crippen LogP contribution in [0, 0.1) is 0 Å². The van der Waals surface area contributed by atoms with Gasteiger partial charge in [-0.25, -0.2) is 0 Å². The van der Waals surface area contributed by atoms with Gasteiger partial charge in [0.25, 0.3) is 0 Å². The van der Waals surface area contributed by atoms with Crippen LogP contribution in [0.15, 0.2) is 54.6 Å². The molecule has 1 N–H and O–H groups in total. The molecule has 2 aromatic rings. The Hall–Kier alpha value is -1.84. The maximum Gasteiger partial charge on any atom is 0.223 e. The van der Waals surface area contributed by atoms with E-state index >= 15 is 0 Å². The smallest absolute Gasteiger partial charge is 0.223 e. The van der Waals surface area contributed by atoms with Crippen molar-refractivity contribution in [1.82, 2.24) is 10.2 Å². The van der Waals surface area contributed by atoms with E-state index in [1.54, 1.807) is 0 Å². The Kier molecular flexibility index (Phi) is 5.54. The van der Waals surface area contributed by atoms with Crippen molar-refractivity contribution >= 4 is 17.5 Å². The van der Waals surface area contributed by atoms with Crippen molar-refractivity contribution in [2.75, 3.05) is 19.6 Å². The number of nitrogens with one attached hydrogen (secondary N) is 1. The average Bonchev–Trinajstić information content (AvgIpc) is 2.63. The summed E-state index contributed by atoms with van der Waals surface area (Å²) in [5.74, 6) is 0.401. The average molecular weight is 343 g/mol. The normalized spacial score (nSPS) is 19.1. The molecule has 0 radical (unpaired) electrons. The van der Waals surface area contributed by atoms with Crippen LogP contribution >= 0.6 is 11.6 Å². The summed E-state index contributed by atoms with van der Waals surface area (Å²) in [6, 6.07) is 18.0. The molecule has 0 aliphatic carbocycles. The second-order valence-corrected chi connectivity index (χ2v) is 6.75. The summed E-state index contributed by atoms with van der Waals surface area (Å²) in [6.07, 6.45) is 0.519. The van der Waals surface area contributed by atoms with Crippen molar-refractivity contribution in [1.29, 1.82) is 0 Å². The highest BCUT2D eigenvalue weighted by atomic mass is 35.5. The van der Waals surface area contributed by atoms with Gasteiger partial charge < -0.3 is 10.2 Å². The molecule has 1 aliphatic rings. The Morgan fingerprint density at radius 1 is 1.21 bits per heavy atom. The highest BCUT2D eigenvalue weighted by Gasteiger charge is 2.29. The summed E-state index contributed by atoms with van der Waals surface area (Å²) >= 11 is 6.36. The van der Waals surface area contributed by atoms with Crippen molar-refractivity contribution in [3.8, 4) is 0 Å². The van der Waals surface area contributed by atoms with Crippen LogP contribution in [-0.4, -0.2) is 30.4 Å². The number of amides is 1. The van der Waals surface area contributed by atoms with E-state index in [2.05, 4.69) is 24.4 Å². The number of rotatable bonds is 4. The van der Waals surface area contributed by atoms with Crippen molar-refractivity contribution in [3.05, 3.63) is 70.7 Å². The molecule has 126 valence electrons. The predicted molar refractivity (Wildman–Crippen MR) is 98.2 cm³/mol. The SMILES string of the molecule is CC(CC(=O)N1CCNCC1c1ccccc1Cl)c1ccccc1. The van der Waals surface area contributed by atoms with Crippen LogP contribution in [0.1, 0.15) is 36.4 Å². The number of benzene rings is 2. The van der Waals surface area contributed by atoms with Crippen molar-refractivity contribution in [3.63, 3.8) is 0 Å². The Bertz CT molecular complexity index is 689. The van der Waals surface area contributed by atoms with Gasteiger partial charge in [-0.05, 0) is 23.1 Å². The third-order valence-electron chi connectivity index (χ3n) is 4.68. The fourth-order valence-corrected chi connectivity index (χ4v) is 3.57. The number of halogens is 1. The van der Waals surface area contributed by atoms with E-state index < -0.39 is 0 Å². The molecule has 24 heavy (non-hydrogen) atoms. The Labute approximate surface area is 148 Å². The molecule has 2 unspecified atom stereocenters. The molecule has 3 nitrogen and oxygen atoms in total. The van der Waals surface area contributed by atoms with Gasteiger partial charge in [0.05, 0.1) is 6.04 Å². The quantitative estimate of drug-likeness (QED) is 0.910. The molecule has 1 fully saturated rings. The molecular weight excluding hydrogens is 320 g/mol. The molecule has 1 aliphatic heterocycles. The lowest BCUT2D eigenvalue weighted by molar-refractivity contribution is -0.134. The highest BCUT2D eigenvalue weighted by molar-refractivity contribution is 6.31. The third kappa shape index (κ3) is 3.80. The van der Waals surface area contributed by atoms with Gasteiger partial charge in [0, 0.05) is 31.1 Å². The summed E-state index contributed by atoms with van der Waals surface area (Å²) < 4.78 is 0. The van der Waals surface area contributed by atoms with Crippen molar-refractivity contribution in [2.45, 2.75) is 25.3 Å². The fraction of sp³-hybridized carbons (Fsp3) is 0.350. The summed E-state index contributed by atoms with van der Waals surface area (Å²) in [4.78, 5) is 14.9. The molecule has 1 amide bonds. The molecule has 0 aromatic heterocycles. The zero-order valence-corrected chi connectivity index (χ0v) is 14.7. The maximum absolute atomic E-state index is 12.9. The summed E-state index contributed by atoms with van der Waals surface area (Å²) in [5, 5.41) is 4.10. The topological polar surface area (TPSA) is 32.3 Å². The Balaban J connectivity index is 1.75. The second kappa shape index (κ2) is 7.82. The molecule has 2 aromatic carbocycles. The fourth-order valence-electron chi connectivity index (χ4n) is 3.30. The van der Waals surface area contributed by atoms with E-state index in [9.17, 15) is 4.79 Å². The van der Waals surface area contributed by atoms with Gasteiger partial charge in [0.1, 0.15) is 0 Å². The summed E-state index contributed by atoms with van der Waals surface area (Å²) in [7, 11) is 0. The maximum atomic E-state index is 12.9. The first kappa shape index (κ1) is 17.0. The zero-order valence-electron chi connectivity index (χ0n) is 13.9. The van der Waals surface area contributed by atoms with Crippen molar-refractivity contribution < 1.29 is 4.79 Å².